The summed E-state index contributed by atoms with van der Waals surface area (Å²) in [5, 5.41) is 4.48. The molecule has 2 aliphatic rings. The lowest BCUT2D eigenvalue weighted by molar-refractivity contribution is 0.257. The van der Waals surface area contributed by atoms with Crippen molar-refractivity contribution in [3.8, 4) is 11.3 Å². The quantitative estimate of drug-likeness (QED) is 0.747. The Kier molecular flexibility index (Phi) is 3.03. The molecule has 1 N–H and O–H groups in total. The fraction of sp³-hybridized carbons (Fsp3) is 0.316. The summed E-state index contributed by atoms with van der Waals surface area (Å²) in [5.41, 5.74) is 3.87. The number of nitrogens with one attached hydrogen (secondary N) is 1. The van der Waals surface area contributed by atoms with E-state index in [4.69, 9.17) is 0 Å². The first-order valence-corrected chi connectivity index (χ1v) is 8.45. The number of aromatic nitrogens is 3. The van der Waals surface area contributed by atoms with Crippen LogP contribution in [0.1, 0.15) is 18.0 Å². The molecule has 0 unspecified atom stereocenters. The van der Waals surface area contributed by atoms with Crippen LogP contribution in [0.3, 0.4) is 0 Å². The van der Waals surface area contributed by atoms with E-state index >= 15 is 0 Å². The van der Waals surface area contributed by atoms with Gasteiger partial charge in [-0.05, 0) is 43.1 Å². The van der Waals surface area contributed by atoms with E-state index in [0.717, 1.165) is 47.5 Å². The third-order valence-electron chi connectivity index (χ3n) is 5.26. The summed E-state index contributed by atoms with van der Waals surface area (Å²) in [6.07, 6.45) is 4.71. The summed E-state index contributed by atoms with van der Waals surface area (Å²) in [4.78, 5) is 21.7. The van der Waals surface area contributed by atoms with Gasteiger partial charge in [-0.1, -0.05) is 0 Å². The summed E-state index contributed by atoms with van der Waals surface area (Å²) in [7, 11) is 0. The molecular weight excluding hydrogens is 300 g/mol. The first kappa shape index (κ1) is 13.9. The van der Waals surface area contributed by atoms with Crippen LogP contribution >= 0.6 is 0 Å². The van der Waals surface area contributed by atoms with E-state index in [-0.39, 0.29) is 5.56 Å². The van der Waals surface area contributed by atoms with Crippen molar-refractivity contribution in [2.24, 2.45) is 5.92 Å². The predicted molar refractivity (Wildman–Crippen MR) is 93.0 cm³/mol. The minimum absolute atomic E-state index is 0.0850. The number of hydrogen-bond acceptors (Lipinski definition) is 4. The molecule has 3 aromatic rings. The minimum Gasteiger partial charge on any atom is -0.316 e. The van der Waals surface area contributed by atoms with Crippen molar-refractivity contribution in [3.63, 3.8) is 0 Å². The van der Waals surface area contributed by atoms with Gasteiger partial charge < -0.3 is 9.88 Å². The van der Waals surface area contributed by atoms with Crippen LogP contribution in [0.2, 0.25) is 0 Å². The number of pyridine rings is 3. The predicted octanol–water partition coefficient (Wildman–Crippen LogP) is 2.17. The molecular formula is C19H18N4O. The Morgan fingerprint density at radius 1 is 1.12 bits per heavy atom. The fourth-order valence-corrected chi connectivity index (χ4v) is 4.17. The molecule has 1 fully saturated rings. The average molecular weight is 318 g/mol. The van der Waals surface area contributed by atoms with Crippen molar-refractivity contribution in [1.82, 2.24) is 19.9 Å². The molecule has 0 radical (unpaired) electrons. The van der Waals surface area contributed by atoms with Gasteiger partial charge in [0, 0.05) is 54.1 Å². The maximum Gasteiger partial charge on any atom is 0.251 e. The summed E-state index contributed by atoms with van der Waals surface area (Å²) in [6.45, 7) is 2.78. The zero-order valence-corrected chi connectivity index (χ0v) is 13.3. The molecule has 0 aliphatic carbocycles. The van der Waals surface area contributed by atoms with Gasteiger partial charge >= 0.3 is 0 Å². The number of rotatable bonds is 1. The van der Waals surface area contributed by atoms with Crippen LogP contribution in [0.25, 0.3) is 22.2 Å². The minimum atomic E-state index is 0.0850. The molecule has 2 aliphatic heterocycles. The fourth-order valence-electron chi connectivity index (χ4n) is 4.17. The normalized spacial score (nSPS) is 22.3. The van der Waals surface area contributed by atoms with Crippen molar-refractivity contribution in [2.45, 2.75) is 18.9 Å². The van der Waals surface area contributed by atoms with Crippen LogP contribution in [0, 0.1) is 5.92 Å². The highest BCUT2D eigenvalue weighted by Crippen LogP contribution is 2.34. The van der Waals surface area contributed by atoms with E-state index in [0.29, 0.717) is 11.8 Å². The number of nitrogens with zero attached hydrogens (tertiary/aromatic N) is 3. The van der Waals surface area contributed by atoms with Crippen molar-refractivity contribution in [2.75, 3.05) is 13.1 Å². The molecule has 24 heavy (non-hydrogen) atoms. The third-order valence-corrected chi connectivity index (χ3v) is 5.26. The molecule has 0 amide bonds. The standard InChI is InChI=1S/C19H18N4O/c24-18-8-13(19-15-2-1-4-21-16(15)3-5-22-19)7-17-14-6-12(9-20-10-14)11-23(17)18/h1-5,7-8,12,14,20H,6,9-11H2/t12-,14+/m0/s1. The lowest BCUT2D eigenvalue weighted by atomic mass is 9.83. The van der Waals surface area contributed by atoms with E-state index in [9.17, 15) is 4.79 Å². The van der Waals surface area contributed by atoms with Crippen molar-refractivity contribution in [3.05, 3.63) is 58.8 Å². The second kappa shape index (κ2) is 5.24. The third kappa shape index (κ3) is 2.08. The zero-order valence-electron chi connectivity index (χ0n) is 13.3. The Morgan fingerprint density at radius 2 is 2.08 bits per heavy atom. The lowest BCUT2D eigenvalue weighted by Crippen LogP contribution is -2.44. The number of piperidine rings is 1. The molecule has 0 aromatic carbocycles. The SMILES string of the molecule is O=c1cc(-c2nccc3ncccc23)cc2n1C[C@@H]1CNC[C@H]2C1. The van der Waals surface area contributed by atoms with Crippen LogP contribution in [0.4, 0.5) is 0 Å². The van der Waals surface area contributed by atoms with Gasteiger partial charge in [0.25, 0.3) is 5.56 Å². The molecule has 5 nitrogen and oxygen atoms in total. The van der Waals surface area contributed by atoms with E-state index in [1.807, 2.05) is 22.8 Å². The van der Waals surface area contributed by atoms with Crippen molar-refractivity contribution < 1.29 is 0 Å². The van der Waals surface area contributed by atoms with Crippen LogP contribution < -0.4 is 10.9 Å². The highest BCUT2D eigenvalue weighted by atomic mass is 16.1. The van der Waals surface area contributed by atoms with E-state index < -0.39 is 0 Å². The van der Waals surface area contributed by atoms with E-state index in [1.165, 1.54) is 6.42 Å². The molecule has 0 saturated carbocycles. The van der Waals surface area contributed by atoms with Gasteiger partial charge in [-0.25, -0.2) is 0 Å². The Hall–Kier alpha value is -2.53. The monoisotopic (exact) mass is 318 g/mol. The summed E-state index contributed by atoms with van der Waals surface area (Å²) >= 11 is 0. The Balaban J connectivity index is 1.73. The maximum atomic E-state index is 12.7. The Morgan fingerprint density at radius 3 is 3.04 bits per heavy atom. The van der Waals surface area contributed by atoms with Crippen molar-refractivity contribution in [1.29, 1.82) is 0 Å². The van der Waals surface area contributed by atoms with Crippen LogP contribution in [0.15, 0.2) is 47.5 Å². The topological polar surface area (TPSA) is 59.8 Å². The van der Waals surface area contributed by atoms with Gasteiger partial charge in [0.05, 0.1) is 11.2 Å². The second-order valence-corrected chi connectivity index (χ2v) is 6.80. The van der Waals surface area contributed by atoms with Crippen LogP contribution in [0.5, 0.6) is 0 Å². The molecule has 2 bridgehead atoms. The van der Waals surface area contributed by atoms with Gasteiger partial charge in [0.2, 0.25) is 0 Å². The smallest absolute Gasteiger partial charge is 0.251 e. The van der Waals surface area contributed by atoms with Crippen LogP contribution in [-0.4, -0.2) is 27.6 Å². The van der Waals surface area contributed by atoms with Gasteiger partial charge in [0.1, 0.15) is 0 Å². The largest absolute Gasteiger partial charge is 0.316 e. The Bertz CT molecular complexity index is 989. The summed E-state index contributed by atoms with van der Waals surface area (Å²) in [5.74, 6) is 0.984. The molecule has 5 heteroatoms. The molecule has 1 saturated heterocycles. The van der Waals surface area contributed by atoms with Gasteiger partial charge in [-0.15, -0.1) is 0 Å². The van der Waals surface area contributed by atoms with Crippen LogP contribution in [-0.2, 0) is 6.54 Å². The second-order valence-electron chi connectivity index (χ2n) is 6.80. The van der Waals surface area contributed by atoms with E-state index in [1.54, 1.807) is 18.5 Å². The molecule has 5 rings (SSSR count). The molecule has 3 aromatic heterocycles. The van der Waals surface area contributed by atoms with Gasteiger partial charge in [0.15, 0.2) is 0 Å². The zero-order chi connectivity index (χ0) is 16.1. The molecule has 2 atom stereocenters. The summed E-state index contributed by atoms with van der Waals surface area (Å²) in [6, 6.07) is 9.71. The highest BCUT2D eigenvalue weighted by molar-refractivity contribution is 5.91. The number of fused-ring (bicyclic) bond motifs is 5. The molecule has 5 heterocycles. The molecule has 120 valence electrons. The maximum absolute atomic E-state index is 12.7. The first-order valence-electron chi connectivity index (χ1n) is 8.45. The first-order chi connectivity index (χ1) is 11.8. The van der Waals surface area contributed by atoms with Gasteiger partial charge in [-0.3, -0.25) is 14.8 Å². The lowest BCUT2D eigenvalue weighted by Gasteiger charge is -2.37. The Labute approximate surface area is 139 Å². The highest BCUT2D eigenvalue weighted by Gasteiger charge is 2.31. The molecule has 0 spiro atoms. The van der Waals surface area contributed by atoms with E-state index in [2.05, 4.69) is 21.4 Å². The number of hydrogen-bond donors (Lipinski definition) is 1. The van der Waals surface area contributed by atoms with Gasteiger partial charge in [-0.2, -0.15) is 0 Å². The van der Waals surface area contributed by atoms with Crippen molar-refractivity contribution >= 4 is 10.9 Å². The summed E-state index contributed by atoms with van der Waals surface area (Å²) < 4.78 is 1.96. The average Bonchev–Trinajstić information content (AvgIpc) is 2.62.